The molecular formula is C16H17NO4S. The van der Waals surface area contributed by atoms with E-state index >= 15 is 0 Å². The van der Waals surface area contributed by atoms with E-state index in [2.05, 4.69) is 0 Å². The molecule has 2 aromatic carbocycles. The van der Waals surface area contributed by atoms with Crippen molar-refractivity contribution in [1.29, 1.82) is 0 Å². The van der Waals surface area contributed by atoms with Crippen LogP contribution in [0.2, 0.25) is 0 Å². The first-order valence-electron chi connectivity index (χ1n) is 6.60. The van der Waals surface area contributed by atoms with Crippen molar-refractivity contribution in [3.05, 3.63) is 59.2 Å². The lowest BCUT2D eigenvalue weighted by molar-refractivity contribution is 0.0600. The van der Waals surface area contributed by atoms with Crippen LogP contribution in [-0.4, -0.2) is 21.8 Å². The number of carbonyl (C=O) groups is 1. The molecule has 0 fully saturated rings. The fraction of sp³-hybridized carbons (Fsp3) is 0.188. The zero-order valence-electron chi connectivity index (χ0n) is 12.6. The number of rotatable bonds is 4. The normalized spacial score (nSPS) is 11.8. The summed E-state index contributed by atoms with van der Waals surface area (Å²) in [4.78, 5) is 11.7. The van der Waals surface area contributed by atoms with Gasteiger partial charge in [-0.25, -0.2) is 13.3 Å². The van der Waals surface area contributed by atoms with Crippen LogP contribution in [0.15, 0.2) is 42.5 Å². The molecule has 0 bridgehead atoms. The van der Waals surface area contributed by atoms with Crippen LogP contribution in [0.4, 0.5) is 11.4 Å². The molecule has 2 rings (SSSR count). The molecule has 0 saturated carbocycles. The molecule has 0 spiro atoms. The average Bonchev–Trinajstić information content (AvgIpc) is 2.50. The van der Waals surface area contributed by atoms with E-state index in [4.69, 9.17) is 4.74 Å². The van der Waals surface area contributed by atoms with Crippen LogP contribution in [-0.2, 0) is 16.0 Å². The predicted molar refractivity (Wildman–Crippen MR) is 86.6 cm³/mol. The Morgan fingerprint density at radius 2 is 1.77 bits per heavy atom. The number of ether oxygens (including phenoxy) is 1. The minimum Gasteiger partial charge on any atom is -0.465 e. The van der Waals surface area contributed by atoms with Crippen LogP contribution in [0, 0.1) is 13.8 Å². The monoisotopic (exact) mass is 319 g/mol. The maximum atomic E-state index is 11.8. The van der Waals surface area contributed by atoms with E-state index in [0.717, 1.165) is 11.1 Å². The molecule has 0 amide bonds. The molecule has 116 valence electrons. The maximum absolute atomic E-state index is 11.8. The Labute approximate surface area is 131 Å². The van der Waals surface area contributed by atoms with Gasteiger partial charge in [-0.05, 0) is 43.7 Å². The number of anilines is 2. The van der Waals surface area contributed by atoms with Crippen molar-refractivity contribution in [3.63, 3.8) is 0 Å². The average molecular weight is 319 g/mol. The van der Waals surface area contributed by atoms with E-state index in [0.29, 0.717) is 16.9 Å². The lowest BCUT2D eigenvalue weighted by Crippen LogP contribution is -2.20. The molecule has 1 unspecified atom stereocenters. The molecule has 22 heavy (non-hydrogen) atoms. The van der Waals surface area contributed by atoms with Gasteiger partial charge in [0.1, 0.15) is 0 Å². The highest BCUT2D eigenvalue weighted by atomic mass is 32.2. The van der Waals surface area contributed by atoms with Crippen molar-refractivity contribution < 1.29 is 18.3 Å². The SMILES string of the molecule is COC(=O)c1ccc(C)c(N(c2ccc(C)cc2)S(=O)O)c1. The first-order chi connectivity index (χ1) is 10.4. The van der Waals surface area contributed by atoms with Gasteiger partial charge in [-0.15, -0.1) is 0 Å². The third-order valence-corrected chi connectivity index (χ3v) is 3.99. The zero-order valence-corrected chi connectivity index (χ0v) is 13.4. The zero-order chi connectivity index (χ0) is 16.3. The van der Waals surface area contributed by atoms with Crippen LogP contribution >= 0.6 is 0 Å². The standard InChI is InChI=1S/C16H17NO4S/c1-11-4-8-14(9-5-11)17(22(19)20)15-10-13(16(18)21-3)7-6-12(15)2/h4-10H,1-3H3,(H,19,20). The van der Waals surface area contributed by atoms with Gasteiger partial charge in [0.05, 0.1) is 24.0 Å². The highest BCUT2D eigenvalue weighted by Crippen LogP contribution is 2.31. The summed E-state index contributed by atoms with van der Waals surface area (Å²) in [6.07, 6.45) is 0. The van der Waals surface area contributed by atoms with E-state index in [-0.39, 0.29) is 0 Å². The van der Waals surface area contributed by atoms with E-state index in [9.17, 15) is 13.6 Å². The Bertz CT molecular complexity index is 713. The molecule has 0 aliphatic rings. The van der Waals surface area contributed by atoms with Gasteiger partial charge in [0, 0.05) is 0 Å². The minimum atomic E-state index is -2.26. The first-order valence-corrected chi connectivity index (χ1v) is 7.67. The maximum Gasteiger partial charge on any atom is 0.337 e. The Kier molecular flexibility index (Phi) is 4.95. The minimum absolute atomic E-state index is 0.325. The molecule has 2 aromatic rings. The Morgan fingerprint density at radius 3 is 2.32 bits per heavy atom. The summed E-state index contributed by atoms with van der Waals surface area (Å²) in [7, 11) is 1.30. The third-order valence-electron chi connectivity index (χ3n) is 3.27. The fourth-order valence-corrected chi connectivity index (χ4v) is 2.73. The van der Waals surface area contributed by atoms with Crippen molar-refractivity contribution >= 4 is 28.6 Å². The number of aryl methyl sites for hydroxylation is 2. The summed E-state index contributed by atoms with van der Waals surface area (Å²) in [6.45, 7) is 3.75. The van der Waals surface area contributed by atoms with Crippen LogP contribution < -0.4 is 4.31 Å². The van der Waals surface area contributed by atoms with Crippen LogP contribution in [0.5, 0.6) is 0 Å². The topological polar surface area (TPSA) is 66.8 Å². The number of hydrogen-bond donors (Lipinski definition) is 1. The summed E-state index contributed by atoms with van der Waals surface area (Å²) in [5.41, 5.74) is 3.19. The molecule has 1 atom stereocenters. The fourth-order valence-electron chi connectivity index (χ4n) is 2.07. The summed E-state index contributed by atoms with van der Waals surface area (Å²) in [5, 5.41) is 0. The van der Waals surface area contributed by atoms with Crippen LogP contribution in [0.3, 0.4) is 0 Å². The Balaban J connectivity index is 2.55. The van der Waals surface area contributed by atoms with E-state index in [1.165, 1.54) is 11.4 Å². The number of benzene rings is 2. The quantitative estimate of drug-likeness (QED) is 0.693. The Morgan fingerprint density at radius 1 is 1.14 bits per heavy atom. The van der Waals surface area contributed by atoms with E-state index in [1.807, 2.05) is 26.0 Å². The van der Waals surface area contributed by atoms with E-state index < -0.39 is 17.2 Å². The molecule has 5 nitrogen and oxygen atoms in total. The van der Waals surface area contributed by atoms with E-state index in [1.54, 1.807) is 30.3 Å². The highest BCUT2D eigenvalue weighted by Gasteiger charge is 2.19. The highest BCUT2D eigenvalue weighted by molar-refractivity contribution is 7.81. The van der Waals surface area contributed by atoms with Gasteiger partial charge >= 0.3 is 5.97 Å². The summed E-state index contributed by atoms with van der Waals surface area (Å²) < 4.78 is 27.5. The van der Waals surface area contributed by atoms with Crippen molar-refractivity contribution in [2.45, 2.75) is 13.8 Å². The molecular weight excluding hydrogens is 302 g/mol. The molecule has 1 N–H and O–H groups in total. The third kappa shape index (κ3) is 3.35. The lowest BCUT2D eigenvalue weighted by Gasteiger charge is -2.22. The Hall–Kier alpha value is -2.18. The first kappa shape index (κ1) is 16.2. The smallest absolute Gasteiger partial charge is 0.337 e. The summed E-state index contributed by atoms with van der Waals surface area (Å²) in [5.74, 6) is -0.492. The van der Waals surface area contributed by atoms with Crippen molar-refractivity contribution in [3.8, 4) is 0 Å². The van der Waals surface area contributed by atoms with Gasteiger partial charge in [0.15, 0.2) is 0 Å². The van der Waals surface area contributed by atoms with Gasteiger partial charge in [0.25, 0.3) is 11.3 Å². The second-order valence-corrected chi connectivity index (χ2v) is 5.68. The van der Waals surface area contributed by atoms with Gasteiger partial charge < -0.3 is 4.74 Å². The van der Waals surface area contributed by atoms with Crippen molar-refractivity contribution in [2.75, 3.05) is 11.4 Å². The number of esters is 1. The van der Waals surface area contributed by atoms with Gasteiger partial charge in [-0.3, -0.25) is 4.55 Å². The molecule has 0 saturated heterocycles. The van der Waals surface area contributed by atoms with Crippen molar-refractivity contribution in [1.82, 2.24) is 0 Å². The molecule has 0 radical (unpaired) electrons. The van der Waals surface area contributed by atoms with Gasteiger partial charge in [0.2, 0.25) is 0 Å². The number of methoxy groups -OCH3 is 1. The van der Waals surface area contributed by atoms with Crippen LogP contribution in [0.1, 0.15) is 21.5 Å². The van der Waals surface area contributed by atoms with Gasteiger partial charge in [-0.1, -0.05) is 23.8 Å². The molecule has 6 heteroatoms. The largest absolute Gasteiger partial charge is 0.465 e. The number of hydrogen-bond acceptors (Lipinski definition) is 3. The predicted octanol–water partition coefficient (Wildman–Crippen LogP) is 3.36. The molecule has 0 heterocycles. The lowest BCUT2D eigenvalue weighted by atomic mass is 10.1. The van der Waals surface area contributed by atoms with Gasteiger partial charge in [-0.2, -0.15) is 0 Å². The molecule has 0 aliphatic carbocycles. The summed E-state index contributed by atoms with van der Waals surface area (Å²) in [6, 6.07) is 12.1. The number of carbonyl (C=O) groups excluding carboxylic acids is 1. The molecule has 0 aromatic heterocycles. The van der Waals surface area contributed by atoms with Crippen molar-refractivity contribution in [2.24, 2.45) is 0 Å². The summed E-state index contributed by atoms with van der Waals surface area (Å²) >= 11 is -2.26. The second-order valence-electron chi connectivity index (χ2n) is 4.85. The second kappa shape index (κ2) is 6.72. The number of nitrogens with zero attached hydrogens (tertiary/aromatic N) is 1. The van der Waals surface area contributed by atoms with Crippen LogP contribution in [0.25, 0.3) is 0 Å². The molecule has 0 aliphatic heterocycles.